The first-order valence-electron chi connectivity index (χ1n) is 5.28. The maximum atomic E-state index is 3.57. The summed E-state index contributed by atoms with van der Waals surface area (Å²) in [6.07, 6.45) is 6.76. The molecule has 0 amide bonds. The largest absolute Gasteiger partial charge is 0.309 e. The quantitative estimate of drug-likeness (QED) is 0.723. The van der Waals surface area contributed by atoms with Crippen LogP contribution in [0.4, 0.5) is 0 Å². The van der Waals surface area contributed by atoms with Gasteiger partial charge < -0.3 is 5.32 Å². The molecular formula is C11H15NS. The number of hydrogen-bond acceptors (Lipinski definition) is 2. The SMILES string of the molecule is c1c(C2CCCN2)sc2c1CCC2. The van der Waals surface area contributed by atoms with E-state index in [0.29, 0.717) is 6.04 Å². The van der Waals surface area contributed by atoms with Crippen LogP contribution in [0.2, 0.25) is 0 Å². The molecule has 1 fully saturated rings. The Kier molecular flexibility index (Phi) is 1.91. The predicted molar refractivity (Wildman–Crippen MR) is 56.3 cm³/mol. The fraction of sp³-hybridized carbons (Fsp3) is 0.636. The maximum Gasteiger partial charge on any atom is 0.0415 e. The molecule has 1 aromatic heterocycles. The molecule has 1 atom stereocenters. The van der Waals surface area contributed by atoms with Gasteiger partial charge >= 0.3 is 0 Å². The van der Waals surface area contributed by atoms with E-state index in [9.17, 15) is 0 Å². The van der Waals surface area contributed by atoms with Gasteiger partial charge in [0, 0.05) is 15.8 Å². The van der Waals surface area contributed by atoms with E-state index in [1.54, 1.807) is 15.3 Å². The van der Waals surface area contributed by atoms with Gasteiger partial charge in [-0.1, -0.05) is 0 Å². The van der Waals surface area contributed by atoms with E-state index < -0.39 is 0 Å². The first-order chi connectivity index (χ1) is 6.43. The number of nitrogens with one attached hydrogen (secondary N) is 1. The molecule has 1 unspecified atom stereocenters. The van der Waals surface area contributed by atoms with Crippen molar-refractivity contribution in [3.05, 3.63) is 21.4 Å². The predicted octanol–water partition coefficient (Wildman–Crippen LogP) is 2.66. The molecule has 1 saturated heterocycles. The van der Waals surface area contributed by atoms with Crippen LogP contribution in [0.1, 0.15) is 40.6 Å². The molecule has 1 aliphatic heterocycles. The molecule has 2 heterocycles. The average molecular weight is 193 g/mol. The molecule has 0 aromatic carbocycles. The molecule has 0 radical (unpaired) electrons. The smallest absolute Gasteiger partial charge is 0.0415 e. The minimum absolute atomic E-state index is 0.690. The van der Waals surface area contributed by atoms with Gasteiger partial charge in [-0.15, -0.1) is 11.3 Å². The average Bonchev–Trinajstić information content (AvgIpc) is 2.78. The zero-order valence-electron chi connectivity index (χ0n) is 7.81. The number of hydrogen-bond donors (Lipinski definition) is 1. The summed E-state index contributed by atoms with van der Waals surface area (Å²) >= 11 is 2.06. The summed E-state index contributed by atoms with van der Waals surface area (Å²) in [5.74, 6) is 0. The summed E-state index contributed by atoms with van der Waals surface area (Å²) in [4.78, 5) is 3.27. The molecule has 2 aliphatic rings. The lowest BCUT2D eigenvalue weighted by Crippen LogP contribution is -2.11. The molecular weight excluding hydrogens is 178 g/mol. The van der Waals surface area contributed by atoms with E-state index in [-0.39, 0.29) is 0 Å². The van der Waals surface area contributed by atoms with Gasteiger partial charge in [0.1, 0.15) is 0 Å². The van der Waals surface area contributed by atoms with Crippen molar-refractivity contribution in [1.82, 2.24) is 5.32 Å². The van der Waals surface area contributed by atoms with E-state index in [1.807, 2.05) is 0 Å². The van der Waals surface area contributed by atoms with E-state index in [4.69, 9.17) is 0 Å². The zero-order chi connectivity index (χ0) is 8.67. The third-order valence-electron chi connectivity index (χ3n) is 3.17. The first kappa shape index (κ1) is 8.01. The third kappa shape index (κ3) is 1.32. The summed E-state index contributed by atoms with van der Waals surface area (Å²) in [5, 5.41) is 3.57. The fourth-order valence-corrected chi connectivity index (χ4v) is 3.82. The van der Waals surface area contributed by atoms with E-state index in [0.717, 1.165) is 0 Å². The summed E-state index contributed by atoms with van der Waals surface area (Å²) in [7, 11) is 0. The van der Waals surface area contributed by atoms with Crippen molar-refractivity contribution >= 4 is 11.3 Å². The molecule has 0 spiro atoms. The van der Waals surface area contributed by atoms with Crippen molar-refractivity contribution in [2.45, 2.75) is 38.1 Å². The van der Waals surface area contributed by atoms with Crippen LogP contribution in [-0.4, -0.2) is 6.54 Å². The van der Waals surface area contributed by atoms with Crippen LogP contribution in [0.3, 0.4) is 0 Å². The Bertz CT molecular complexity index is 288. The zero-order valence-corrected chi connectivity index (χ0v) is 8.62. The Balaban J connectivity index is 1.88. The molecule has 2 heteroatoms. The number of thiophene rings is 1. The molecule has 1 N–H and O–H groups in total. The summed E-state index contributed by atoms with van der Waals surface area (Å²) in [6.45, 7) is 1.22. The third-order valence-corrected chi connectivity index (χ3v) is 4.52. The van der Waals surface area contributed by atoms with E-state index in [1.165, 1.54) is 38.6 Å². The van der Waals surface area contributed by atoms with Gasteiger partial charge in [0.2, 0.25) is 0 Å². The highest BCUT2D eigenvalue weighted by atomic mass is 32.1. The topological polar surface area (TPSA) is 12.0 Å². The van der Waals surface area contributed by atoms with Crippen LogP contribution in [0, 0.1) is 0 Å². The Morgan fingerprint density at radius 2 is 2.31 bits per heavy atom. The van der Waals surface area contributed by atoms with Crippen LogP contribution in [0.5, 0.6) is 0 Å². The summed E-state index contributed by atoms with van der Waals surface area (Å²) < 4.78 is 0. The Labute approximate surface area is 83.2 Å². The van der Waals surface area contributed by atoms with Crippen LogP contribution >= 0.6 is 11.3 Å². The van der Waals surface area contributed by atoms with Crippen LogP contribution in [0.25, 0.3) is 0 Å². The molecule has 1 nitrogen and oxygen atoms in total. The normalized spacial score (nSPS) is 26.6. The van der Waals surface area contributed by atoms with Gasteiger partial charge in [-0.25, -0.2) is 0 Å². The van der Waals surface area contributed by atoms with E-state index >= 15 is 0 Å². The number of fused-ring (bicyclic) bond motifs is 1. The molecule has 1 aromatic rings. The van der Waals surface area contributed by atoms with Crippen molar-refractivity contribution in [1.29, 1.82) is 0 Å². The first-order valence-corrected chi connectivity index (χ1v) is 6.10. The lowest BCUT2D eigenvalue weighted by Gasteiger charge is -2.06. The van der Waals surface area contributed by atoms with Gasteiger partial charge in [-0.05, 0) is 50.3 Å². The molecule has 1 aliphatic carbocycles. The maximum absolute atomic E-state index is 3.57. The van der Waals surface area contributed by atoms with Crippen molar-refractivity contribution in [2.75, 3.05) is 6.54 Å². The lowest BCUT2D eigenvalue weighted by molar-refractivity contribution is 0.659. The molecule has 3 rings (SSSR count). The highest BCUT2D eigenvalue weighted by Crippen LogP contribution is 2.36. The summed E-state index contributed by atoms with van der Waals surface area (Å²) in [5.41, 5.74) is 1.65. The minimum Gasteiger partial charge on any atom is -0.309 e. The van der Waals surface area contributed by atoms with Crippen molar-refractivity contribution in [2.24, 2.45) is 0 Å². The second-order valence-corrected chi connectivity index (χ2v) is 5.27. The fourth-order valence-electron chi connectivity index (χ4n) is 2.45. The second-order valence-electron chi connectivity index (χ2n) is 4.10. The number of aryl methyl sites for hydroxylation is 2. The monoisotopic (exact) mass is 193 g/mol. The van der Waals surface area contributed by atoms with E-state index in [2.05, 4.69) is 22.7 Å². The second kappa shape index (κ2) is 3.10. The lowest BCUT2D eigenvalue weighted by atomic mass is 10.1. The van der Waals surface area contributed by atoms with Gasteiger partial charge in [0.05, 0.1) is 0 Å². The van der Waals surface area contributed by atoms with Crippen LogP contribution in [-0.2, 0) is 12.8 Å². The summed E-state index contributed by atoms with van der Waals surface area (Å²) in [6, 6.07) is 3.14. The van der Waals surface area contributed by atoms with Crippen molar-refractivity contribution in [3.8, 4) is 0 Å². The van der Waals surface area contributed by atoms with Crippen LogP contribution < -0.4 is 5.32 Å². The van der Waals surface area contributed by atoms with Crippen LogP contribution in [0.15, 0.2) is 6.07 Å². The Morgan fingerprint density at radius 3 is 3.08 bits per heavy atom. The van der Waals surface area contributed by atoms with Crippen molar-refractivity contribution < 1.29 is 0 Å². The van der Waals surface area contributed by atoms with Gasteiger partial charge in [0.25, 0.3) is 0 Å². The van der Waals surface area contributed by atoms with Gasteiger partial charge in [-0.2, -0.15) is 0 Å². The molecule has 0 bridgehead atoms. The van der Waals surface area contributed by atoms with Crippen molar-refractivity contribution in [3.63, 3.8) is 0 Å². The molecule has 13 heavy (non-hydrogen) atoms. The van der Waals surface area contributed by atoms with Gasteiger partial charge in [-0.3, -0.25) is 0 Å². The minimum atomic E-state index is 0.690. The van der Waals surface area contributed by atoms with Gasteiger partial charge in [0.15, 0.2) is 0 Å². The highest BCUT2D eigenvalue weighted by Gasteiger charge is 2.21. The Morgan fingerprint density at radius 1 is 1.31 bits per heavy atom. The molecule has 0 saturated carbocycles. The Hall–Kier alpha value is -0.340. The molecule has 70 valence electrons. The highest BCUT2D eigenvalue weighted by molar-refractivity contribution is 7.12. The number of rotatable bonds is 1. The standard InChI is InChI=1S/C11H15NS/c1-3-8-7-11(13-10(8)5-1)9-4-2-6-12-9/h7,9,12H,1-6H2.